The number of ketones is 1. The molecule has 0 aliphatic heterocycles. The molecular weight excluding hydrogens is 350 g/mol. The highest BCUT2D eigenvalue weighted by Gasteiger charge is 2.08. The van der Waals surface area contributed by atoms with Crippen molar-refractivity contribution in [1.29, 1.82) is 0 Å². The summed E-state index contributed by atoms with van der Waals surface area (Å²) in [6.45, 7) is 1.52. The Morgan fingerprint density at radius 2 is 1.65 bits per heavy atom. The molecule has 5 nitrogen and oxygen atoms in total. The molecule has 0 fully saturated rings. The minimum Gasteiger partial charge on any atom is -0.354 e. The van der Waals surface area contributed by atoms with E-state index in [9.17, 15) is 9.59 Å². The number of rotatable bonds is 5. The smallest absolute Gasteiger partial charge is 0.257 e. The van der Waals surface area contributed by atoms with Gasteiger partial charge in [0, 0.05) is 28.2 Å². The molecule has 26 heavy (non-hydrogen) atoms. The molecule has 6 heteroatoms. The number of anilines is 3. The van der Waals surface area contributed by atoms with Gasteiger partial charge in [0.1, 0.15) is 0 Å². The van der Waals surface area contributed by atoms with E-state index in [0.29, 0.717) is 27.5 Å². The highest BCUT2D eigenvalue weighted by atomic mass is 35.5. The van der Waals surface area contributed by atoms with Gasteiger partial charge in [-0.1, -0.05) is 17.7 Å². The van der Waals surface area contributed by atoms with Crippen LogP contribution in [0.5, 0.6) is 0 Å². The second-order valence-corrected chi connectivity index (χ2v) is 6.12. The van der Waals surface area contributed by atoms with Gasteiger partial charge >= 0.3 is 0 Å². The Morgan fingerprint density at radius 3 is 2.35 bits per heavy atom. The van der Waals surface area contributed by atoms with Crippen molar-refractivity contribution in [1.82, 2.24) is 4.98 Å². The molecule has 0 atom stereocenters. The van der Waals surface area contributed by atoms with Gasteiger partial charge in [0.05, 0.1) is 17.4 Å². The zero-order valence-corrected chi connectivity index (χ0v) is 14.7. The quantitative estimate of drug-likeness (QED) is 0.628. The van der Waals surface area contributed by atoms with Crippen LogP contribution in [0.1, 0.15) is 27.6 Å². The lowest BCUT2D eigenvalue weighted by atomic mass is 10.1. The Bertz CT molecular complexity index is 955. The molecule has 0 aliphatic carbocycles. The topological polar surface area (TPSA) is 71.1 Å². The Balaban J connectivity index is 1.73. The monoisotopic (exact) mass is 365 g/mol. The van der Waals surface area contributed by atoms with E-state index in [-0.39, 0.29) is 11.7 Å². The average molecular weight is 366 g/mol. The number of nitrogens with zero attached hydrogens (tertiary/aromatic N) is 1. The molecule has 1 heterocycles. The molecule has 0 spiro atoms. The lowest BCUT2D eigenvalue weighted by Crippen LogP contribution is -2.12. The maximum absolute atomic E-state index is 12.4. The Kier molecular flexibility index (Phi) is 5.29. The van der Waals surface area contributed by atoms with Crippen molar-refractivity contribution in [3.05, 3.63) is 83.1 Å². The van der Waals surface area contributed by atoms with Crippen LogP contribution >= 0.6 is 11.6 Å². The van der Waals surface area contributed by atoms with E-state index in [0.717, 1.165) is 5.69 Å². The van der Waals surface area contributed by atoms with E-state index in [1.165, 1.54) is 13.1 Å². The molecule has 0 saturated heterocycles. The third-order valence-corrected chi connectivity index (χ3v) is 3.90. The highest BCUT2D eigenvalue weighted by molar-refractivity contribution is 6.31. The first-order valence-corrected chi connectivity index (χ1v) is 8.29. The van der Waals surface area contributed by atoms with Crippen molar-refractivity contribution in [2.24, 2.45) is 0 Å². The molecule has 3 rings (SSSR count). The Hall–Kier alpha value is -3.18. The number of Topliss-reactive ketones (excluding diaryl/α,β-unsaturated/α-hetero) is 1. The number of pyridine rings is 1. The van der Waals surface area contributed by atoms with E-state index in [1.54, 1.807) is 60.8 Å². The number of hydrogen-bond acceptors (Lipinski definition) is 4. The third kappa shape index (κ3) is 4.46. The Morgan fingerprint density at radius 1 is 0.885 bits per heavy atom. The summed E-state index contributed by atoms with van der Waals surface area (Å²) < 4.78 is 0. The summed E-state index contributed by atoms with van der Waals surface area (Å²) in [6, 6.07) is 15.7. The van der Waals surface area contributed by atoms with E-state index >= 15 is 0 Å². The van der Waals surface area contributed by atoms with Crippen molar-refractivity contribution in [3.63, 3.8) is 0 Å². The van der Waals surface area contributed by atoms with Crippen molar-refractivity contribution in [2.45, 2.75) is 6.92 Å². The lowest BCUT2D eigenvalue weighted by Gasteiger charge is -2.09. The van der Waals surface area contributed by atoms with Crippen molar-refractivity contribution in [2.75, 3.05) is 10.6 Å². The van der Waals surface area contributed by atoms with Crippen LogP contribution in [0.2, 0.25) is 5.02 Å². The van der Waals surface area contributed by atoms with Crippen LogP contribution in [-0.4, -0.2) is 16.7 Å². The molecule has 130 valence electrons. The number of carbonyl (C=O) groups excluding carboxylic acids is 2. The third-order valence-electron chi connectivity index (χ3n) is 3.66. The van der Waals surface area contributed by atoms with Gasteiger partial charge in [0.2, 0.25) is 0 Å². The lowest BCUT2D eigenvalue weighted by molar-refractivity contribution is 0.101. The van der Waals surface area contributed by atoms with Crippen LogP contribution < -0.4 is 10.6 Å². The van der Waals surface area contributed by atoms with Gasteiger partial charge in [-0.25, -0.2) is 0 Å². The summed E-state index contributed by atoms with van der Waals surface area (Å²) in [7, 11) is 0. The number of amides is 1. The number of halogens is 1. The molecule has 2 N–H and O–H groups in total. The van der Waals surface area contributed by atoms with Gasteiger partial charge in [-0.2, -0.15) is 0 Å². The van der Waals surface area contributed by atoms with E-state index < -0.39 is 0 Å². The largest absolute Gasteiger partial charge is 0.354 e. The molecule has 0 bridgehead atoms. The molecule has 0 unspecified atom stereocenters. The van der Waals surface area contributed by atoms with Gasteiger partial charge < -0.3 is 10.6 Å². The highest BCUT2D eigenvalue weighted by Crippen LogP contribution is 2.19. The van der Waals surface area contributed by atoms with Gasteiger partial charge in [0.15, 0.2) is 5.78 Å². The number of nitrogens with one attached hydrogen (secondary N) is 2. The van der Waals surface area contributed by atoms with Gasteiger partial charge in [-0.05, 0) is 55.5 Å². The van der Waals surface area contributed by atoms with Crippen LogP contribution in [0.15, 0.2) is 67.0 Å². The maximum Gasteiger partial charge on any atom is 0.257 e. The summed E-state index contributed by atoms with van der Waals surface area (Å²) >= 11 is 5.93. The zero-order chi connectivity index (χ0) is 18.5. The van der Waals surface area contributed by atoms with Crippen LogP contribution in [-0.2, 0) is 0 Å². The number of hydrogen-bond donors (Lipinski definition) is 2. The molecule has 1 amide bonds. The molecule has 0 aliphatic rings. The van der Waals surface area contributed by atoms with E-state index in [4.69, 9.17) is 11.6 Å². The first kappa shape index (κ1) is 17.6. The van der Waals surface area contributed by atoms with E-state index in [1.807, 2.05) is 0 Å². The van der Waals surface area contributed by atoms with Crippen molar-refractivity contribution < 1.29 is 9.59 Å². The fourth-order valence-electron chi connectivity index (χ4n) is 2.36. The van der Waals surface area contributed by atoms with Crippen LogP contribution in [0, 0.1) is 0 Å². The predicted molar refractivity (Wildman–Crippen MR) is 103 cm³/mol. The van der Waals surface area contributed by atoms with Crippen LogP contribution in [0.25, 0.3) is 0 Å². The summed E-state index contributed by atoms with van der Waals surface area (Å²) in [4.78, 5) is 27.8. The van der Waals surface area contributed by atoms with E-state index in [2.05, 4.69) is 15.6 Å². The minimum absolute atomic E-state index is 0.0119. The van der Waals surface area contributed by atoms with Crippen molar-refractivity contribution in [3.8, 4) is 0 Å². The van der Waals surface area contributed by atoms with Gasteiger partial charge in [0.25, 0.3) is 5.91 Å². The zero-order valence-electron chi connectivity index (χ0n) is 14.0. The van der Waals surface area contributed by atoms with Gasteiger partial charge in [-0.3, -0.25) is 14.6 Å². The maximum atomic E-state index is 12.4. The normalized spacial score (nSPS) is 10.2. The predicted octanol–water partition coefficient (Wildman–Crippen LogP) is 4.93. The van der Waals surface area contributed by atoms with Crippen molar-refractivity contribution >= 4 is 40.4 Å². The number of benzene rings is 2. The van der Waals surface area contributed by atoms with Crippen LogP contribution in [0.3, 0.4) is 0 Å². The summed E-state index contributed by atoms with van der Waals surface area (Å²) in [5.41, 5.74) is 3.13. The molecular formula is C20H16ClN3O2. The Labute approximate surface area is 156 Å². The second kappa shape index (κ2) is 7.80. The summed E-state index contributed by atoms with van der Waals surface area (Å²) in [5, 5.41) is 6.49. The fraction of sp³-hybridized carbons (Fsp3) is 0.0500. The molecule has 0 radical (unpaired) electrons. The average Bonchev–Trinajstić information content (AvgIpc) is 2.62. The number of carbonyl (C=O) groups is 2. The van der Waals surface area contributed by atoms with Crippen LogP contribution in [0.4, 0.5) is 17.1 Å². The minimum atomic E-state index is -0.282. The fourth-order valence-corrected chi connectivity index (χ4v) is 2.55. The first-order valence-electron chi connectivity index (χ1n) is 7.91. The van der Waals surface area contributed by atoms with Gasteiger partial charge in [-0.15, -0.1) is 0 Å². The summed E-state index contributed by atoms with van der Waals surface area (Å²) in [5.74, 6) is -0.270. The molecule has 3 aromatic rings. The summed E-state index contributed by atoms with van der Waals surface area (Å²) in [6.07, 6.45) is 3.11. The molecule has 1 aromatic heterocycles. The first-order chi connectivity index (χ1) is 12.5. The standard InChI is InChI=1S/C20H16ClN3O2/c1-13(25)14-5-7-17(8-6-14)23-19-9-15(11-22-12-19)20(26)24-18-4-2-3-16(21)10-18/h2-12,23H,1H3,(H,24,26). The SMILES string of the molecule is CC(=O)c1ccc(Nc2cncc(C(=O)Nc3cccc(Cl)c3)c2)cc1. The number of aromatic nitrogens is 1. The second-order valence-electron chi connectivity index (χ2n) is 5.69. The molecule has 2 aromatic carbocycles. The molecule has 0 saturated carbocycles.